The van der Waals surface area contributed by atoms with Crippen molar-refractivity contribution >= 4 is 16.8 Å². The van der Waals surface area contributed by atoms with Gasteiger partial charge in [0.25, 0.3) is 5.91 Å². The third-order valence-electron chi connectivity index (χ3n) is 4.09. The Balaban J connectivity index is 2.60. The number of amides is 1. The molecule has 7 heteroatoms. The van der Waals surface area contributed by atoms with E-state index < -0.39 is 23.1 Å². The molecule has 0 fully saturated rings. The van der Waals surface area contributed by atoms with Crippen LogP contribution in [0.1, 0.15) is 49.5 Å². The van der Waals surface area contributed by atoms with Gasteiger partial charge in [-0.15, -0.1) is 0 Å². The summed E-state index contributed by atoms with van der Waals surface area (Å²) in [6, 6.07) is 2.90. The van der Waals surface area contributed by atoms with Crippen LogP contribution in [0.4, 0.5) is 13.2 Å². The van der Waals surface area contributed by atoms with Gasteiger partial charge in [0.05, 0.1) is 11.1 Å². The lowest BCUT2D eigenvalue weighted by atomic mass is 10.1. The molecule has 136 valence electrons. The first-order valence-electron chi connectivity index (χ1n) is 8.24. The monoisotopic (exact) mass is 354 g/mol. The van der Waals surface area contributed by atoms with Gasteiger partial charge in [0.1, 0.15) is 5.56 Å². The SMILES string of the molecule is CCC[C@H](C)NC(=O)c1cn(CC)c2ccc(C(F)(F)F)cc2c1=O. The molecule has 0 radical (unpaired) electrons. The topological polar surface area (TPSA) is 51.1 Å². The number of carbonyl (C=O) groups excluding carboxylic acids is 1. The van der Waals surface area contributed by atoms with Crippen molar-refractivity contribution in [2.45, 2.75) is 52.4 Å². The van der Waals surface area contributed by atoms with Crippen LogP contribution < -0.4 is 10.7 Å². The number of nitrogens with zero attached hydrogens (tertiary/aromatic N) is 1. The van der Waals surface area contributed by atoms with Crippen LogP contribution in [0.3, 0.4) is 0 Å². The average molecular weight is 354 g/mol. The molecule has 0 aliphatic heterocycles. The molecule has 25 heavy (non-hydrogen) atoms. The predicted molar refractivity (Wildman–Crippen MR) is 90.7 cm³/mol. The fourth-order valence-corrected chi connectivity index (χ4v) is 2.80. The number of aryl methyl sites for hydroxylation is 1. The highest BCUT2D eigenvalue weighted by Crippen LogP contribution is 2.30. The molecular weight excluding hydrogens is 333 g/mol. The van der Waals surface area contributed by atoms with Crippen LogP contribution in [0, 0.1) is 0 Å². The van der Waals surface area contributed by atoms with Gasteiger partial charge in [0.15, 0.2) is 0 Å². The Morgan fingerprint density at radius 1 is 1.28 bits per heavy atom. The third kappa shape index (κ3) is 4.03. The van der Waals surface area contributed by atoms with Gasteiger partial charge in [0.2, 0.25) is 5.43 Å². The Morgan fingerprint density at radius 2 is 1.96 bits per heavy atom. The van der Waals surface area contributed by atoms with Crippen LogP contribution in [0.15, 0.2) is 29.2 Å². The van der Waals surface area contributed by atoms with E-state index in [2.05, 4.69) is 5.32 Å². The van der Waals surface area contributed by atoms with Crippen molar-refractivity contribution in [1.29, 1.82) is 0 Å². The first kappa shape index (κ1) is 19.0. The molecule has 0 saturated carbocycles. The summed E-state index contributed by atoms with van der Waals surface area (Å²) in [5.41, 5.74) is -1.36. The number of hydrogen-bond donors (Lipinski definition) is 1. The molecule has 0 aliphatic rings. The second-order valence-electron chi connectivity index (χ2n) is 6.05. The van der Waals surface area contributed by atoms with Crippen molar-refractivity contribution < 1.29 is 18.0 Å². The van der Waals surface area contributed by atoms with E-state index in [9.17, 15) is 22.8 Å². The van der Waals surface area contributed by atoms with Crippen molar-refractivity contribution in [1.82, 2.24) is 9.88 Å². The number of alkyl halides is 3. The number of hydrogen-bond acceptors (Lipinski definition) is 2. The first-order chi connectivity index (χ1) is 11.7. The number of rotatable bonds is 5. The molecule has 1 atom stereocenters. The van der Waals surface area contributed by atoms with Crippen LogP contribution >= 0.6 is 0 Å². The van der Waals surface area contributed by atoms with Crippen molar-refractivity contribution in [3.05, 3.63) is 45.7 Å². The summed E-state index contributed by atoms with van der Waals surface area (Å²) in [5, 5.41) is 2.62. The fraction of sp³-hybridized carbons (Fsp3) is 0.444. The van der Waals surface area contributed by atoms with Gasteiger partial charge in [-0.1, -0.05) is 13.3 Å². The quantitative estimate of drug-likeness (QED) is 0.884. The van der Waals surface area contributed by atoms with Crippen LogP contribution in [0.2, 0.25) is 0 Å². The molecule has 0 unspecified atom stereocenters. The van der Waals surface area contributed by atoms with Gasteiger partial charge in [-0.05, 0) is 38.5 Å². The maximum Gasteiger partial charge on any atom is 0.416 e. The Labute approximate surface area is 143 Å². The molecule has 0 bridgehead atoms. The largest absolute Gasteiger partial charge is 0.416 e. The summed E-state index contributed by atoms with van der Waals surface area (Å²) in [4.78, 5) is 25.0. The highest BCUT2D eigenvalue weighted by atomic mass is 19.4. The zero-order valence-corrected chi connectivity index (χ0v) is 14.4. The van der Waals surface area contributed by atoms with Gasteiger partial charge < -0.3 is 9.88 Å². The molecule has 1 aromatic carbocycles. The van der Waals surface area contributed by atoms with Crippen molar-refractivity contribution in [3.8, 4) is 0 Å². The van der Waals surface area contributed by atoms with E-state index in [1.54, 1.807) is 11.5 Å². The van der Waals surface area contributed by atoms with Crippen LogP contribution in [0.25, 0.3) is 10.9 Å². The van der Waals surface area contributed by atoms with E-state index in [0.29, 0.717) is 12.1 Å². The van der Waals surface area contributed by atoms with E-state index in [1.807, 2.05) is 13.8 Å². The average Bonchev–Trinajstić information content (AvgIpc) is 2.54. The Kier molecular flexibility index (Phi) is 5.55. The van der Waals surface area contributed by atoms with Gasteiger partial charge >= 0.3 is 6.18 Å². The lowest BCUT2D eigenvalue weighted by Gasteiger charge is -2.16. The Bertz CT molecular complexity index is 841. The Morgan fingerprint density at radius 3 is 2.52 bits per heavy atom. The van der Waals surface area contributed by atoms with E-state index in [4.69, 9.17) is 0 Å². The molecule has 0 spiro atoms. The molecule has 0 aliphatic carbocycles. The zero-order valence-electron chi connectivity index (χ0n) is 14.4. The number of pyridine rings is 1. The standard InChI is InChI=1S/C18H21F3N2O2/c1-4-6-11(3)22-17(25)14-10-23(5-2)15-8-7-12(18(19,20)21)9-13(15)16(14)24/h7-11H,4-6H2,1-3H3,(H,22,25)/t11-/m0/s1. The van der Waals surface area contributed by atoms with E-state index >= 15 is 0 Å². The number of halogens is 3. The maximum absolute atomic E-state index is 13.0. The molecule has 1 N–H and O–H groups in total. The van der Waals surface area contributed by atoms with Crippen LogP contribution in [0.5, 0.6) is 0 Å². The Hall–Kier alpha value is -2.31. The zero-order chi connectivity index (χ0) is 18.8. The number of nitrogens with one attached hydrogen (secondary N) is 1. The molecule has 4 nitrogen and oxygen atoms in total. The second kappa shape index (κ2) is 7.29. The number of fused-ring (bicyclic) bond motifs is 1. The minimum Gasteiger partial charge on any atom is -0.349 e. The van der Waals surface area contributed by atoms with Crippen LogP contribution in [-0.2, 0) is 12.7 Å². The molecule has 0 saturated heterocycles. The third-order valence-corrected chi connectivity index (χ3v) is 4.09. The summed E-state index contributed by atoms with van der Waals surface area (Å²) >= 11 is 0. The van der Waals surface area contributed by atoms with E-state index in [-0.39, 0.29) is 17.0 Å². The second-order valence-corrected chi connectivity index (χ2v) is 6.05. The summed E-state index contributed by atoms with van der Waals surface area (Å²) in [6.45, 7) is 6.01. The van der Waals surface area contributed by atoms with Gasteiger partial charge in [-0.25, -0.2) is 0 Å². The molecule has 2 aromatic rings. The minimum atomic E-state index is -4.55. The highest BCUT2D eigenvalue weighted by molar-refractivity contribution is 5.97. The normalized spacial score (nSPS) is 13.0. The van der Waals surface area contributed by atoms with Crippen LogP contribution in [-0.4, -0.2) is 16.5 Å². The van der Waals surface area contributed by atoms with Crippen molar-refractivity contribution in [2.24, 2.45) is 0 Å². The molecule has 2 rings (SSSR count). The van der Waals surface area contributed by atoms with Gasteiger partial charge in [-0.2, -0.15) is 13.2 Å². The molecule has 1 amide bonds. The fourth-order valence-electron chi connectivity index (χ4n) is 2.80. The lowest BCUT2D eigenvalue weighted by Crippen LogP contribution is -2.36. The summed E-state index contributed by atoms with van der Waals surface area (Å²) in [6.07, 6.45) is -1.52. The molecular formula is C18H21F3N2O2. The lowest BCUT2D eigenvalue weighted by molar-refractivity contribution is -0.137. The smallest absolute Gasteiger partial charge is 0.349 e. The molecule has 1 heterocycles. The maximum atomic E-state index is 13.0. The van der Waals surface area contributed by atoms with E-state index in [0.717, 1.165) is 25.0 Å². The predicted octanol–water partition coefficient (Wildman–Crippen LogP) is 3.96. The van der Waals surface area contributed by atoms with Crippen molar-refractivity contribution in [2.75, 3.05) is 0 Å². The summed E-state index contributed by atoms with van der Waals surface area (Å²) < 4.78 is 40.5. The number of benzene rings is 1. The van der Waals surface area contributed by atoms with Gasteiger partial charge in [0, 0.05) is 24.2 Å². The van der Waals surface area contributed by atoms with E-state index in [1.165, 1.54) is 12.3 Å². The number of carbonyl (C=O) groups is 1. The first-order valence-corrected chi connectivity index (χ1v) is 8.24. The minimum absolute atomic E-state index is 0.104. The summed E-state index contributed by atoms with van der Waals surface area (Å²) in [5.74, 6) is -0.563. The highest BCUT2D eigenvalue weighted by Gasteiger charge is 2.31. The summed E-state index contributed by atoms with van der Waals surface area (Å²) in [7, 11) is 0. The number of aromatic nitrogens is 1. The van der Waals surface area contributed by atoms with Crippen molar-refractivity contribution in [3.63, 3.8) is 0 Å². The van der Waals surface area contributed by atoms with Gasteiger partial charge in [-0.3, -0.25) is 9.59 Å². The molecule has 1 aromatic heterocycles.